The average molecular weight is 337 g/mol. The van der Waals surface area contributed by atoms with E-state index in [0.717, 1.165) is 32.2 Å². The molecule has 3 nitrogen and oxygen atoms in total. The highest BCUT2D eigenvalue weighted by Crippen LogP contribution is 2.35. The SMILES string of the molecule is C[C@]1(NCCC(c2ccccc2)c2ccccc2)CC[C@H](C(=O)O)C1. The molecule has 0 spiro atoms. The number of carbonyl (C=O) groups is 1. The molecule has 1 fully saturated rings. The van der Waals surface area contributed by atoms with Crippen LogP contribution in [-0.2, 0) is 4.79 Å². The molecule has 3 rings (SSSR count). The maximum Gasteiger partial charge on any atom is 0.306 e. The summed E-state index contributed by atoms with van der Waals surface area (Å²) < 4.78 is 0. The van der Waals surface area contributed by atoms with Crippen molar-refractivity contribution < 1.29 is 9.90 Å². The number of carboxylic acids is 1. The number of carboxylic acid groups (broad SMARTS) is 1. The Hall–Kier alpha value is -2.13. The van der Waals surface area contributed by atoms with Crippen molar-refractivity contribution in [3.8, 4) is 0 Å². The highest BCUT2D eigenvalue weighted by Gasteiger charge is 2.38. The van der Waals surface area contributed by atoms with E-state index in [0.29, 0.717) is 5.92 Å². The first kappa shape index (κ1) is 17.7. The van der Waals surface area contributed by atoms with Gasteiger partial charge in [-0.25, -0.2) is 0 Å². The van der Waals surface area contributed by atoms with Crippen LogP contribution >= 0.6 is 0 Å². The lowest BCUT2D eigenvalue weighted by atomic mass is 9.88. The fourth-order valence-electron chi connectivity index (χ4n) is 4.03. The molecular weight excluding hydrogens is 310 g/mol. The number of hydrogen-bond donors (Lipinski definition) is 2. The minimum atomic E-state index is -0.656. The first-order valence-corrected chi connectivity index (χ1v) is 9.15. The Balaban J connectivity index is 1.65. The Bertz CT molecular complexity index is 646. The molecule has 0 bridgehead atoms. The van der Waals surface area contributed by atoms with Gasteiger partial charge in [-0.3, -0.25) is 4.79 Å². The van der Waals surface area contributed by atoms with Gasteiger partial charge in [0, 0.05) is 11.5 Å². The van der Waals surface area contributed by atoms with E-state index in [9.17, 15) is 9.90 Å². The molecule has 0 heterocycles. The van der Waals surface area contributed by atoms with Crippen LogP contribution in [0.25, 0.3) is 0 Å². The first-order chi connectivity index (χ1) is 12.1. The molecule has 3 heteroatoms. The van der Waals surface area contributed by atoms with Crippen molar-refractivity contribution in [2.75, 3.05) is 6.54 Å². The Morgan fingerprint density at radius 2 is 1.68 bits per heavy atom. The zero-order valence-electron chi connectivity index (χ0n) is 14.8. The summed E-state index contributed by atoms with van der Waals surface area (Å²) in [6.07, 6.45) is 3.44. The molecule has 0 saturated heterocycles. The van der Waals surface area contributed by atoms with Crippen LogP contribution in [0.1, 0.15) is 49.7 Å². The summed E-state index contributed by atoms with van der Waals surface area (Å²) in [6, 6.07) is 21.2. The third-order valence-corrected chi connectivity index (χ3v) is 5.48. The summed E-state index contributed by atoms with van der Waals surface area (Å²) >= 11 is 0. The van der Waals surface area contributed by atoms with Gasteiger partial charge in [-0.1, -0.05) is 60.7 Å². The van der Waals surface area contributed by atoms with Gasteiger partial charge in [0.25, 0.3) is 0 Å². The van der Waals surface area contributed by atoms with Crippen LogP contribution in [0, 0.1) is 5.92 Å². The van der Waals surface area contributed by atoms with E-state index in [4.69, 9.17) is 0 Å². The minimum Gasteiger partial charge on any atom is -0.481 e. The van der Waals surface area contributed by atoms with Gasteiger partial charge in [0.15, 0.2) is 0 Å². The van der Waals surface area contributed by atoms with Crippen molar-refractivity contribution in [3.63, 3.8) is 0 Å². The van der Waals surface area contributed by atoms with Crippen molar-refractivity contribution >= 4 is 5.97 Å². The Kier molecular flexibility index (Phi) is 5.54. The lowest BCUT2D eigenvalue weighted by molar-refractivity contribution is -0.141. The number of benzene rings is 2. The fourth-order valence-corrected chi connectivity index (χ4v) is 4.03. The van der Waals surface area contributed by atoms with Crippen LogP contribution in [0.4, 0.5) is 0 Å². The summed E-state index contributed by atoms with van der Waals surface area (Å²) in [7, 11) is 0. The monoisotopic (exact) mass is 337 g/mol. The molecule has 0 radical (unpaired) electrons. The zero-order valence-corrected chi connectivity index (χ0v) is 14.8. The molecule has 0 amide bonds. The molecule has 2 atom stereocenters. The number of aliphatic carboxylic acids is 1. The maximum absolute atomic E-state index is 11.2. The molecule has 0 aliphatic heterocycles. The van der Waals surface area contributed by atoms with Crippen LogP contribution in [0.5, 0.6) is 0 Å². The van der Waals surface area contributed by atoms with E-state index in [-0.39, 0.29) is 11.5 Å². The van der Waals surface area contributed by atoms with Crippen molar-refractivity contribution in [2.45, 2.75) is 44.1 Å². The molecule has 1 aliphatic carbocycles. The largest absolute Gasteiger partial charge is 0.481 e. The molecule has 1 aliphatic rings. The van der Waals surface area contributed by atoms with E-state index >= 15 is 0 Å². The molecule has 132 valence electrons. The van der Waals surface area contributed by atoms with Crippen molar-refractivity contribution in [1.29, 1.82) is 0 Å². The van der Waals surface area contributed by atoms with Crippen molar-refractivity contribution in [1.82, 2.24) is 5.32 Å². The third kappa shape index (κ3) is 4.49. The summed E-state index contributed by atoms with van der Waals surface area (Å²) in [4.78, 5) is 11.2. The van der Waals surface area contributed by atoms with Crippen LogP contribution < -0.4 is 5.32 Å². The Morgan fingerprint density at radius 3 is 2.16 bits per heavy atom. The summed E-state index contributed by atoms with van der Waals surface area (Å²) in [5.74, 6) is -0.497. The van der Waals surface area contributed by atoms with Gasteiger partial charge in [0.05, 0.1) is 5.92 Å². The molecule has 2 aromatic carbocycles. The Morgan fingerprint density at radius 1 is 1.12 bits per heavy atom. The van der Waals surface area contributed by atoms with E-state index in [1.54, 1.807) is 0 Å². The van der Waals surface area contributed by atoms with Gasteiger partial charge in [0.2, 0.25) is 0 Å². The Labute approximate surface area is 150 Å². The summed E-state index contributed by atoms with van der Waals surface area (Å²) in [5, 5.41) is 12.9. The molecule has 0 unspecified atom stereocenters. The standard InChI is InChI=1S/C22H27NO2/c1-22(14-12-19(16-22)21(24)25)23-15-13-20(17-8-4-2-5-9-17)18-10-6-3-7-11-18/h2-11,19-20,23H,12-16H2,1H3,(H,24,25)/t19-,22-/m0/s1. The molecular formula is C22H27NO2. The van der Waals surface area contributed by atoms with Crippen LogP contribution in [-0.4, -0.2) is 23.2 Å². The van der Waals surface area contributed by atoms with Gasteiger partial charge in [0.1, 0.15) is 0 Å². The van der Waals surface area contributed by atoms with Gasteiger partial charge < -0.3 is 10.4 Å². The second-order valence-corrected chi connectivity index (χ2v) is 7.43. The van der Waals surface area contributed by atoms with E-state index < -0.39 is 5.97 Å². The van der Waals surface area contributed by atoms with Gasteiger partial charge in [-0.15, -0.1) is 0 Å². The van der Waals surface area contributed by atoms with Crippen molar-refractivity contribution in [3.05, 3.63) is 71.8 Å². The number of nitrogens with one attached hydrogen (secondary N) is 1. The summed E-state index contributed by atoms with van der Waals surface area (Å²) in [5.41, 5.74) is 2.60. The average Bonchev–Trinajstić information content (AvgIpc) is 3.03. The number of hydrogen-bond acceptors (Lipinski definition) is 2. The fraction of sp³-hybridized carbons (Fsp3) is 0.409. The lowest BCUT2D eigenvalue weighted by Gasteiger charge is -2.27. The van der Waals surface area contributed by atoms with Gasteiger partial charge in [-0.05, 0) is 50.3 Å². The quantitative estimate of drug-likeness (QED) is 0.785. The normalized spacial score (nSPS) is 23.0. The topological polar surface area (TPSA) is 49.3 Å². The van der Waals surface area contributed by atoms with E-state index in [1.165, 1.54) is 11.1 Å². The molecule has 1 saturated carbocycles. The highest BCUT2D eigenvalue weighted by atomic mass is 16.4. The lowest BCUT2D eigenvalue weighted by Crippen LogP contribution is -2.41. The molecule has 25 heavy (non-hydrogen) atoms. The predicted octanol–water partition coefficient (Wildman–Crippen LogP) is 4.44. The zero-order chi connectivity index (χ0) is 17.7. The van der Waals surface area contributed by atoms with E-state index in [1.807, 2.05) is 0 Å². The van der Waals surface area contributed by atoms with Crippen LogP contribution in [0.3, 0.4) is 0 Å². The molecule has 0 aromatic heterocycles. The minimum absolute atomic E-state index is 0.0546. The number of rotatable bonds is 7. The summed E-state index contributed by atoms with van der Waals surface area (Å²) in [6.45, 7) is 3.05. The van der Waals surface area contributed by atoms with Crippen molar-refractivity contribution in [2.24, 2.45) is 5.92 Å². The molecule has 2 aromatic rings. The van der Waals surface area contributed by atoms with Gasteiger partial charge in [-0.2, -0.15) is 0 Å². The van der Waals surface area contributed by atoms with E-state index in [2.05, 4.69) is 72.9 Å². The predicted molar refractivity (Wildman–Crippen MR) is 101 cm³/mol. The first-order valence-electron chi connectivity index (χ1n) is 9.15. The molecule has 2 N–H and O–H groups in total. The van der Waals surface area contributed by atoms with Crippen LogP contribution in [0.15, 0.2) is 60.7 Å². The maximum atomic E-state index is 11.2. The van der Waals surface area contributed by atoms with Crippen LogP contribution in [0.2, 0.25) is 0 Å². The second kappa shape index (κ2) is 7.83. The second-order valence-electron chi connectivity index (χ2n) is 7.43. The highest BCUT2D eigenvalue weighted by molar-refractivity contribution is 5.70. The van der Waals surface area contributed by atoms with Gasteiger partial charge >= 0.3 is 5.97 Å². The smallest absolute Gasteiger partial charge is 0.306 e. The third-order valence-electron chi connectivity index (χ3n) is 5.48.